The first-order valence-electron chi connectivity index (χ1n) is 6.04. The Morgan fingerprint density at radius 1 is 1.11 bits per heavy atom. The van der Waals surface area contributed by atoms with Gasteiger partial charge in [0.15, 0.2) is 20.5 Å². The van der Waals surface area contributed by atoms with Gasteiger partial charge in [-0.1, -0.05) is 0 Å². The van der Waals surface area contributed by atoms with E-state index in [-0.39, 0.29) is 21.5 Å². The highest BCUT2D eigenvalue weighted by Gasteiger charge is 2.23. The molecule has 1 saturated heterocycles. The van der Waals surface area contributed by atoms with Gasteiger partial charge < -0.3 is 4.74 Å². The van der Waals surface area contributed by atoms with Gasteiger partial charge in [-0.05, 0) is 43.0 Å². The van der Waals surface area contributed by atoms with Crippen molar-refractivity contribution < 1.29 is 21.6 Å². The van der Waals surface area contributed by atoms with Gasteiger partial charge >= 0.3 is 0 Å². The van der Waals surface area contributed by atoms with Crippen molar-refractivity contribution >= 4 is 20.5 Å². The van der Waals surface area contributed by atoms with Crippen molar-refractivity contribution in [2.45, 2.75) is 22.6 Å². The quantitative estimate of drug-likeness (QED) is 0.835. The number of benzene rings is 1. The van der Waals surface area contributed by atoms with E-state index in [4.69, 9.17) is 4.74 Å². The summed E-state index contributed by atoms with van der Waals surface area (Å²) in [4.78, 5) is 0.305. The highest BCUT2D eigenvalue weighted by atomic mass is 32.2. The number of thiol groups is 1. The van der Waals surface area contributed by atoms with E-state index in [0.717, 1.165) is 12.8 Å². The van der Waals surface area contributed by atoms with Crippen LogP contribution in [0.1, 0.15) is 12.8 Å². The van der Waals surface area contributed by atoms with E-state index in [0.29, 0.717) is 13.2 Å². The van der Waals surface area contributed by atoms with Crippen molar-refractivity contribution in [1.29, 1.82) is 0 Å². The van der Waals surface area contributed by atoms with Gasteiger partial charge in [0.1, 0.15) is 0 Å². The molecule has 1 aliphatic heterocycles. The van der Waals surface area contributed by atoms with Crippen molar-refractivity contribution in [3.63, 3.8) is 0 Å². The minimum atomic E-state index is -3.35. The van der Waals surface area contributed by atoms with Crippen molar-refractivity contribution in [2.75, 3.05) is 19.0 Å². The molecular weight excluding hydrogens is 288 g/mol. The molecule has 0 unspecified atom stereocenters. The molecule has 1 aromatic rings. The number of sulfone groups is 1. The summed E-state index contributed by atoms with van der Waals surface area (Å²) in [5.41, 5.74) is 0. The third-order valence-corrected chi connectivity index (χ3v) is 5.82. The molecule has 0 amide bonds. The zero-order valence-corrected chi connectivity index (χ0v) is 12.0. The standard InChI is InChI=1S/C12H16O5S2/c13-18(14)11-1-3-12(4-2-11)19(15,16)9-10-5-7-17-8-6-10/h1-4,10,18H,5-9H2. The van der Waals surface area contributed by atoms with Crippen molar-refractivity contribution in [3.8, 4) is 0 Å². The van der Waals surface area contributed by atoms with Crippen LogP contribution in [-0.2, 0) is 25.3 Å². The maximum absolute atomic E-state index is 12.2. The lowest BCUT2D eigenvalue weighted by Crippen LogP contribution is -2.23. The summed E-state index contributed by atoms with van der Waals surface area (Å²) in [5.74, 6) is 0.216. The van der Waals surface area contributed by atoms with Crippen LogP contribution in [0.5, 0.6) is 0 Å². The molecule has 1 heterocycles. The van der Waals surface area contributed by atoms with Gasteiger partial charge in [0.05, 0.1) is 15.5 Å². The van der Waals surface area contributed by atoms with E-state index in [1.54, 1.807) is 0 Å². The van der Waals surface area contributed by atoms with Crippen LogP contribution in [0, 0.1) is 5.92 Å². The summed E-state index contributed by atoms with van der Waals surface area (Å²) in [7, 11) is -6.03. The lowest BCUT2D eigenvalue weighted by Gasteiger charge is -2.21. The van der Waals surface area contributed by atoms with Crippen LogP contribution in [0.2, 0.25) is 0 Å². The molecule has 106 valence electrons. The molecule has 0 radical (unpaired) electrons. The van der Waals surface area contributed by atoms with Crippen LogP contribution in [-0.4, -0.2) is 35.8 Å². The summed E-state index contributed by atoms with van der Waals surface area (Å²) in [6.45, 7) is 1.21. The van der Waals surface area contributed by atoms with Gasteiger partial charge in [-0.3, -0.25) is 0 Å². The van der Waals surface area contributed by atoms with Gasteiger partial charge in [-0.25, -0.2) is 16.8 Å². The summed E-state index contributed by atoms with van der Waals surface area (Å²) in [6, 6.07) is 5.36. The van der Waals surface area contributed by atoms with Crippen LogP contribution in [0.3, 0.4) is 0 Å². The van der Waals surface area contributed by atoms with Gasteiger partial charge in [0.2, 0.25) is 0 Å². The molecular formula is C12H16O5S2. The molecule has 1 fully saturated rings. The van der Waals surface area contributed by atoms with Gasteiger partial charge in [0, 0.05) is 13.2 Å². The molecule has 7 heteroatoms. The van der Waals surface area contributed by atoms with E-state index in [9.17, 15) is 16.8 Å². The number of ether oxygens (including phenoxy) is 1. The topological polar surface area (TPSA) is 77.5 Å². The maximum Gasteiger partial charge on any atom is 0.178 e. The SMILES string of the molecule is O=[SH](=O)c1ccc(S(=O)(=O)CC2CCOCC2)cc1. The molecule has 0 spiro atoms. The van der Waals surface area contributed by atoms with E-state index >= 15 is 0 Å². The average molecular weight is 304 g/mol. The van der Waals surface area contributed by atoms with Crippen LogP contribution in [0.15, 0.2) is 34.1 Å². The largest absolute Gasteiger partial charge is 0.381 e. The Morgan fingerprint density at radius 3 is 2.21 bits per heavy atom. The second kappa shape index (κ2) is 6.02. The molecule has 19 heavy (non-hydrogen) atoms. The predicted molar refractivity (Wildman–Crippen MR) is 70.6 cm³/mol. The Hall–Kier alpha value is -0.920. The Bertz CT molecular complexity index is 588. The van der Waals surface area contributed by atoms with Crippen LogP contribution < -0.4 is 0 Å². The Morgan fingerprint density at radius 2 is 1.68 bits per heavy atom. The second-order valence-electron chi connectivity index (χ2n) is 4.59. The maximum atomic E-state index is 12.2. The Balaban J connectivity index is 2.14. The highest BCUT2D eigenvalue weighted by molar-refractivity contribution is 7.91. The minimum absolute atomic E-state index is 0.0964. The summed E-state index contributed by atoms with van der Waals surface area (Å²) in [5, 5.41) is 0. The normalized spacial score (nSPS) is 17.7. The summed E-state index contributed by atoms with van der Waals surface area (Å²) < 4.78 is 51.1. The van der Waals surface area contributed by atoms with Crippen molar-refractivity contribution in [1.82, 2.24) is 0 Å². The number of hydrogen-bond acceptors (Lipinski definition) is 5. The monoisotopic (exact) mass is 304 g/mol. The zero-order valence-electron chi connectivity index (χ0n) is 10.3. The zero-order chi connectivity index (χ0) is 13.9. The molecule has 1 aromatic carbocycles. The van der Waals surface area contributed by atoms with Gasteiger partial charge in [0.25, 0.3) is 0 Å². The highest BCUT2D eigenvalue weighted by Crippen LogP contribution is 2.21. The molecule has 0 aromatic heterocycles. The van der Waals surface area contributed by atoms with E-state index in [2.05, 4.69) is 0 Å². The smallest absolute Gasteiger partial charge is 0.178 e. The fraction of sp³-hybridized carbons (Fsp3) is 0.500. The third-order valence-electron chi connectivity index (χ3n) is 3.20. The fourth-order valence-corrected chi connectivity index (χ4v) is 4.18. The summed E-state index contributed by atoms with van der Waals surface area (Å²) >= 11 is 0. The molecule has 0 atom stereocenters. The number of hydrogen-bond donors (Lipinski definition) is 1. The molecule has 0 aliphatic carbocycles. The van der Waals surface area contributed by atoms with E-state index < -0.39 is 20.5 Å². The molecule has 2 rings (SSSR count). The predicted octanol–water partition coefficient (Wildman–Crippen LogP) is 0.857. The molecule has 5 nitrogen and oxygen atoms in total. The van der Waals surface area contributed by atoms with Crippen LogP contribution in [0.4, 0.5) is 0 Å². The molecule has 1 aliphatic rings. The minimum Gasteiger partial charge on any atom is -0.381 e. The summed E-state index contributed by atoms with van der Waals surface area (Å²) in [6.07, 6.45) is 1.51. The third kappa shape index (κ3) is 3.77. The van der Waals surface area contributed by atoms with E-state index in [1.807, 2.05) is 0 Å². The van der Waals surface area contributed by atoms with E-state index in [1.165, 1.54) is 24.3 Å². The first kappa shape index (κ1) is 14.5. The fourth-order valence-electron chi connectivity index (χ4n) is 2.09. The molecule has 0 bridgehead atoms. The van der Waals surface area contributed by atoms with Crippen molar-refractivity contribution in [3.05, 3.63) is 24.3 Å². The Kier molecular flexibility index (Phi) is 4.59. The Labute approximate surface area is 114 Å². The average Bonchev–Trinajstić information content (AvgIpc) is 2.39. The lowest BCUT2D eigenvalue weighted by molar-refractivity contribution is 0.0723. The first-order chi connectivity index (χ1) is 8.99. The van der Waals surface area contributed by atoms with Crippen LogP contribution in [0.25, 0.3) is 0 Å². The van der Waals surface area contributed by atoms with Gasteiger partial charge in [-0.15, -0.1) is 0 Å². The molecule has 0 N–H and O–H groups in total. The van der Waals surface area contributed by atoms with Crippen LogP contribution >= 0.6 is 0 Å². The van der Waals surface area contributed by atoms with Gasteiger partial charge in [-0.2, -0.15) is 0 Å². The lowest BCUT2D eigenvalue weighted by atomic mass is 10.0. The first-order valence-corrected chi connectivity index (χ1v) is 8.87. The van der Waals surface area contributed by atoms with Crippen molar-refractivity contribution in [2.24, 2.45) is 5.92 Å². The number of rotatable bonds is 4. The molecule has 0 saturated carbocycles. The second-order valence-corrected chi connectivity index (χ2v) is 7.65.